The third-order valence-corrected chi connectivity index (χ3v) is 5.12. The lowest BCUT2D eigenvalue weighted by Crippen LogP contribution is -2.12. The van der Waals surface area contributed by atoms with E-state index >= 15 is 0 Å². The Kier molecular flexibility index (Phi) is 5.63. The van der Waals surface area contributed by atoms with E-state index in [1.54, 1.807) is 54.6 Å². The van der Waals surface area contributed by atoms with Crippen LogP contribution in [0.1, 0.15) is 15.9 Å². The fraction of sp³-hybridized carbons (Fsp3) is 0. The van der Waals surface area contributed by atoms with E-state index in [1.165, 1.54) is 23.3 Å². The summed E-state index contributed by atoms with van der Waals surface area (Å²) in [5.74, 6) is -0.563. The van der Waals surface area contributed by atoms with Gasteiger partial charge in [0.2, 0.25) is 0 Å². The van der Waals surface area contributed by atoms with Crippen LogP contribution in [-0.2, 0) is 0 Å². The number of aromatic hydroxyl groups is 1. The molecule has 2 heterocycles. The molecule has 0 aliphatic carbocycles. The van der Waals surface area contributed by atoms with Gasteiger partial charge in [0.1, 0.15) is 17.3 Å². The van der Waals surface area contributed by atoms with Crippen LogP contribution in [0.4, 0.5) is 17.2 Å². The average Bonchev–Trinajstić information content (AvgIpc) is 3.32. The molecule has 0 saturated heterocycles. The van der Waals surface area contributed by atoms with Gasteiger partial charge in [-0.3, -0.25) is 4.79 Å². The molecule has 5 aromatic rings. The van der Waals surface area contributed by atoms with E-state index in [-0.39, 0.29) is 34.3 Å². The number of rotatable bonds is 5. The Labute approximate surface area is 198 Å². The maximum Gasteiger partial charge on any atom is 0.259 e. The molecule has 0 unspecified atom stereocenters. The highest BCUT2D eigenvalue weighted by Gasteiger charge is 2.20. The molecule has 168 valence electrons. The molecule has 2 N–H and O–H groups in total. The molecule has 0 saturated carbocycles. The number of azo groups is 1. The summed E-state index contributed by atoms with van der Waals surface area (Å²) in [5, 5.41) is 37.2. The van der Waals surface area contributed by atoms with Crippen molar-refractivity contribution in [3.63, 3.8) is 0 Å². The van der Waals surface area contributed by atoms with E-state index in [9.17, 15) is 15.2 Å². The number of nitrogens with one attached hydrogen (secondary N) is 1. The first-order valence-corrected chi connectivity index (χ1v) is 10.4. The largest absolute Gasteiger partial charge is 0.505 e. The number of amides is 1. The highest BCUT2D eigenvalue weighted by molar-refractivity contribution is 6.11. The zero-order valence-corrected chi connectivity index (χ0v) is 18.1. The maximum absolute atomic E-state index is 13.0. The fourth-order valence-electron chi connectivity index (χ4n) is 3.47. The third-order valence-electron chi connectivity index (χ3n) is 5.12. The predicted molar refractivity (Wildman–Crippen MR) is 128 cm³/mol. The average molecular weight is 460 g/mol. The minimum atomic E-state index is -0.503. The van der Waals surface area contributed by atoms with Gasteiger partial charge >= 0.3 is 0 Å². The van der Waals surface area contributed by atoms with E-state index in [0.717, 1.165) is 0 Å². The van der Waals surface area contributed by atoms with Gasteiger partial charge < -0.3 is 10.4 Å². The van der Waals surface area contributed by atoms with Gasteiger partial charge in [0.15, 0.2) is 11.6 Å². The van der Waals surface area contributed by atoms with Crippen LogP contribution < -0.4 is 5.32 Å². The molecule has 0 bridgehead atoms. The molecule has 0 atom stereocenters. The Morgan fingerprint density at radius 3 is 2.51 bits per heavy atom. The predicted octanol–water partition coefficient (Wildman–Crippen LogP) is 5.06. The summed E-state index contributed by atoms with van der Waals surface area (Å²) in [6, 6.07) is 21.3. The topological polar surface area (TPSA) is 141 Å². The summed E-state index contributed by atoms with van der Waals surface area (Å²) in [5.41, 5.74) is 0.829. The first kappa shape index (κ1) is 21.4. The highest BCUT2D eigenvalue weighted by Crippen LogP contribution is 2.40. The number of hydrogen-bond acceptors (Lipinski definition) is 8. The van der Waals surface area contributed by atoms with Crippen molar-refractivity contribution >= 4 is 33.9 Å². The summed E-state index contributed by atoms with van der Waals surface area (Å²) in [4.78, 5) is 21.3. The standard InChI is InChI=1S/C25H16N8O2/c26-14-17-15-29-33(25-27-11-6-12-28-25)23(17)32-31-21-19-10-5-4-7-16(19)13-20(22(21)34)24(35)30-18-8-2-1-3-9-18/h1-13,15,34H,(H,30,35). The molecular formula is C25H16N8O2. The normalized spacial score (nSPS) is 10.9. The van der Waals surface area contributed by atoms with Gasteiger partial charge in [-0.15, -0.1) is 10.2 Å². The van der Waals surface area contributed by atoms with Gasteiger partial charge in [-0.05, 0) is 29.7 Å². The lowest BCUT2D eigenvalue weighted by molar-refractivity contribution is 0.102. The number of nitriles is 1. The molecule has 0 fully saturated rings. The summed E-state index contributed by atoms with van der Waals surface area (Å²) in [6.45, 7) is 0. The quantitative estimate of drug-likeness (QED) is 0.351. The number of anilines is 1. The molecule has 3 aromatic carbocycles. The van der Waals surface area contributed by atoms with Crippen LogP contribution >= 0.6 is 0 Å². The van der Waals surface area contributed by atoms with Crippen LogP contribution in [0.15, 0.2) is 95.5 Å². The Morgan fingerprint density at radius 2 is 1.74 bits per heavy atom. The van der Waals surface area contributed by atoms with E-state index in [4.69, 9.17) is 0 Å². The molecule has 10 nitrogen and oxygen atoms in total. The van der Waals surface area contributed by atoms with Crippen LogP contribution in [0.25, 0.3) is 16.7 Å². The number of carbonyl (C=O) groups is 1. The maximum atomic E-state index is 13.0. The minimum absolute atomic E-state index is 0.0295. The van der Waals surface area contributed by atoms with Crippen molar-refractivity contribution in [1.29, 1.82) is 5.26 Å². The van der Waals surface area contributed by atoms with Crippen molar-refractivity contribution in [2.24, 2.45) is 10.2 Å². The van der Waals surface area contributed by atoms with Crippen molar-refractivity contribution in [3.8, 4) is 17.8 Å². The Balaban J connectivity index is 1.61. The fourth-order valence-corrected chi connectivity index (χ4v) is 3.47. The van der Waals surface area contributed by atoms with E-state index in [0.29, 0.717) is 16.5 Å². The Hall–Kier alpha value is -5.43. The van der Waals surface area contributed by atoms with Crippen LogP contribution in [0.3, 0.4) is 0 Å². The molecule has 35 heavy (non-hydrogen) atoms. The molecule has 0 aliphatic heterocycles. The monoisotopic (exact) mass is 460 g/mol. The molecule has 1 amide bonds. The van der Waals surface area contributed by atoms with Gasteiger partial charge in [-0.2, -0.15) is 15.0 Å². The van der Waals surface area contributed by atoms with Crippen LogP contribution in [0.5, 0.6) is 5.75 Å². The van der Waals surface area contributed by atoms with Crippen molar-refractivity contribution in [2.75, 3.05) is 5.32 Å². The SMILES string of the molecule is N#Cc1cnn(-c2ncccn2)c1N=Nc1c(O)c(C(=O)Nc2ccccc2)cc2ccccc12. The van der Waals surface area contributed by atoms with Gasteiger partial charge in [0.05, 0.1) is 11.8 Å². The lowest BCUT2D eigenvalue weighted by atomic mass is 10.0. The number of benzene rings is 3. The van der Waals surface area contributed by atoms with Crippen molar-refractivity contribution in [2.45, 2.75) is 0 Å². The number of aromatic nitrogens is 4. The molecule has 0 radical (unpaired) electrons. The molecule has 0 aliphatic rings. The van der Waals surface area contributed by atoms with Crippen LogP contribution in [-0.4, -0.2) is 30.8 Å². The van der Waals surface area contributed by atoms with Crippen molar-refractivity contribution in [1.82, 2.24) is 19.7 Å². The summed E-state index contributed by atoms with van der Waals surface area (Å²) in [7, 11) is 0. The zero-order chi connectivity index (χ0) is 24.2. The Bertz CT molecular complexity index is 1610. The molecule has 0 spiro atoms. The van der Waals surface area contributed by atoms with Crippen molar-refractivity contribution in [3.05, 3.63) is 96.4 Å². The molecular weight excluding hydrogens is 444 g/mol. The number of para-hydroxylation sites is 1. The van der Waals surface area contributed by atoms with E-state index in [2.05, 4.69) is 30.6 Å². The second kappa shape index (κ2) is 9.21. The number of carbonyl (C=O) groups excluding carboxylic acids is 1. The van der Waals surface area contributed by atoms with Gasteiger partial charge in [-0.1, -0.05) is 42.5 Å². The third kappa shape index (κ3) is 4.17. The second-order valence-corrected chi connectivity index (χ2v) is 7.32. The van der Waals surface area contributed by atoms with E-state index < -0.39 is 5.91 Å². The van der Waals surface area contributed by atoms with Crippen LogP contribution in [0, 0.1) is 11.3 Å². The first-order chi connectivity index (χ1) is 17.2. The lowest BCUT2D eigenvalue weighted by Gasteiger charge is -2.11. The Morgan fingerprint density at radius 1 is 1.00 bits per heavy atom. The van der Waals surface area contributed by atoms with Crippen molar-refractivity contribution < 1.29 is 9.90 Å². The number of nitrogens with zero attached hydrogens (tertiary/aromatic N) is 7. The minimum Gasteiger partial charge on any atom is -0.505 e. The summed E-state index contributed by atoms with van der Waals surface area (Å²) < 4.78 is 1.27. The highest BCUT2D eigenvalue weighted by atomic mass is 16.3. The zero-order valence-electron chi connectivity index (χ0n) is 18.1. The number of phenols is 1. The van der Waals surface area contributed by atoms with E-state index in [1.807, 2.05) is 18.2 Å². The number of hydrogen-bond donors (Lipinski definition) is 2. The molecule has 2 aromatic heterocycles. The van der Waals surface area contributed by atoms with Gasteiger partial charge in [-0.25, -0.2) is 9.97 Å². The molecule has 10 heteroatoms. The number of fused-ring (bicyclic) bond motifs is 1. The van der Waals surface area contributed by atoms with Gasteiger partial charge in [0, 0.05) is 23.5 Å². The van der Waals surface area contributed by atoms with Crippen LogP contribution in [0.2, 0.25) is 0 Å². The first-order valence-electron chi connectivity index (χ1n) is 10.4. The van der Waals surface area contributed by atoms with Gasteiger partial charge in [0.25, 0.3) is 11.9 Å². The summed E-state index contributed by atoms with van der Waals surface area (Å²) >= 11 is 0. The number of phenolic OH excluding ortho intramolecular Hbond substituents is 1. The smallest absolute Gasteiger partial charge is 0.259 e. The molecule has 5 rings (SSSR count). The second-order valence-electron chi connectivity index (χ2n) is 7.32. The summed E-state index contributed by atoms with van der Waals surface area (Å²) in [6.07, 6.45) is 4.39.